The summed E-state index contributed by atoms with van der Waals surface area (Å²) < 4.78 is 0.417. The van der Waals surface area contributed by atoms with Crippen molar-refractivity contribution in [3.8, 4) is 0 Å². The molecule has 0 radical (unpaired) electrons. The van der Waals surface area contributed by atoms with Crippen molar-refractivity contribution in [1.29, 1.82) is 0 Å². The molecule has 0 aromatic heterocycles. The largest absolute Gasteiger partial charge is 0.870 e. The number of hydrogen-bond acceptors (Lipinski definition) is 2. The second-order valence-corrected chi connectivity index (χ2v) is 2.53. The third kappa shape index (κ3) is 3.77. The van der Waals surface area contributed by atoms with Crippen molar-refractivity contribution in [2.24, 2.45) is 0 Å². The van der Waals surface area contributed by atoms with Gasteiger partial charge in [-0.05, 0) is 0 Å². The van der Waals surface area contributed by atoms with E-state index in [0.717, 1.165) is 0 Å². The molecule has 0 aliphatic carbocycles. The molecule has 0 aromatic rings. The van der Waals surface area contributed by atoms with Gasteiger partial charge in [0.1, 0.15) is 0 Å². The molecule has 1 N–H and O–H groups in total. The van der Waals surface area contributed by atoms with Crippen molar-refractivity contribution in [2.45, 2.75) is 6.92 Å². The van der Waals surface area contributed by atoms with E-state index in [1.807, 2.05) is 21.1 Å². The molecule has 0 aliphatic heterocycles. The Morgan fingerprint density at radius 3 is 1.38 bits per heavy atom. The van der Waals surface area contributed by atoms with Crippen LogP contribution in [0.1, 0.15) is 6.92 Å². The van der Waals surface area contributed by atoms with Gasteiger partial charge in [0.25, 0.3) is 0 Å². The maximum absolute atomic E-state index is 10.4. The van der Waals surface area contributed by atoms with E-state index in [2.05, 4.69) is 0 Å². The Balaban J connectivity index is 0. The fourth-order valence-electron chi connectivity index (χ4n) is 0. The van der Waals surface area contributed by atoms with Gasteiger partial charge in [0, 0.05) is 0 Å². The Bertz CT molecular complexity index is 82.9. The van der Waals surface area contributed by atoms with E-state index < -0.39 is 0 Å². The zero-order chi connectivity index (χ0) is 6.08. The van der Waals surface area contributed by atoms with Gasteiger partial charge in [-0.3, -0.25) is 4.48 Å². The number of amides is 1. The summed E-state index contributed by atoms with van der Waals surface area (Å²) in [5.41, 5.74) is 0. The monoisotopic (exact) mass is 119 g/mol. The highest BCUT2D eigenvalue weighted by molar-refractivity contribution is 5.64. The smallest absolute Gasteiger partial charge is 0.309 e. The lowest BCUT2D eigenvalue weighted by Crippen LogP contribution is -2.38. The fraction of sp³-hybridized carbons (Fsp3) is 0.800. The summed E-state index contributed by atoms with van der Waals surface area (Å²) in [5, 5.41) is 0. The van der Waals surface area contributed by atoms with Crippen LogP contribution in [-0.2, 0) is 4.79 Å². The Labute approximate surface area is 49.8 Å². The maximum atomic E-state index is 10.4. The lowest BCUT2D eigenvalue weighted by Gasteiger charge is -2.17. The van der Waals surface area contributed by atoms with Crippen molar-refractivity contribution >= 4 is 5.91 Å². The van der Waals surface area contributed by atoms with E-state index in [0.29, 0.717) is 4.48 Å². The summed E-state index contributed by atoms with van der Waals surface area (Å²) in [6, 6.07) is 0. The minimum atomic E-state index is 0. The van der Waals surface area contributed by atoms with Gasteiger partial charge in [0.2, 0.25) is 0 Å². The van der Waals surface area contributed by atoms with E-state index in [1.165, 1.54) is 0 Å². The molecule has 0 atom stereocenters. The first-order valence-corrected chi connectivity index (χ1v) is 2.27. The van der Waals surface area contributed by atoms with Crippen LogP contribution in [0.2, 0.25) is 0 Å². The Hall–Kier alpha value is -0.410. The Kier molecular flexibility index (Phi) is 3.68. The molecular weight excluding hydrogens is 106 g/mol. The summed E-state index contributed by atoms with van der Waals surface area (Å²) in [6.45, 7) is 1.58. The third-order valence-electron chi connectivity index (χ3n) is 0.945. The molecule has 0 rings (SSSR count). The van der Waals surface area contributed by atoms with Crippen LogP contribution in [-0.4, -0.2) is 37.0 Å². The van der Waals surface area contributed by atoms with E-state index in [4.69, 9.17) is 0 Å². The molecule has 0 aromatic carbocycles. The van der Waals surface area contributed by atoms with E-state index in [1.54, 1.807) is 6.92 Å². The summed E-state index contributed by atoms with van der Waals surface area (Å²) >= 11 is 0. The number of quaternary nitrogens is 1. The van der Waals surface area contributed by atoms with Crippen LogP contribution in [0.3, 0.4) is 0 Å². The van der Waals surface area contributed by atoms with Gasteiger partial charge in [-0.25, -0.2) is 4.79 Å². The highest BCUT2D eigenvalue weighted by atomic mass is 16.2. The topological polar surface area (TPSA) is 47.1 Å². The molecule has 8 heavy (non-hydrogen) atoms. The zero-order valence-corrected chi connectivity index (χ0v) is 5.80. The van der Waals surface area contributed by atoms with Gasteiger partial charge in [-0.2, -0.15) is 0 Å². The third-order valence-corrected chi connectivity index (χ3v) is 0.945. The van der Waals surface area contributed by atoms with Crippen molar-refractivity contribution in [1.82, 2.24) is 0 Å². The highest BCUT2D eigenvalue weighted by Crippen LogP contribution is 1.87. The number of rotatable bonds is 0. The molecule has 0 heterocycles. The minimum absolute atomic E-state index is 0. The molecule has 0 saturated heterocycles. The van der Waals surface area contributed by atoms with Gasteiger partial charge in [-0.1, -0.05) is 0 Å². The second-order valence-electron chi connectivity index (χ2n) is 2.53. The van der Waals surface area contributed by atoms with Crippen molar-refractivity contribution < 1.29 is 14.8 Å². The van der Waals surface area contributed by atoms with Crippen molar-refractivity contribution in [3.63, 3.8) is 0 Å². The molecule has 0 saturated carbocycles. The highest BCUT2D eigenvalue weighted by Gasteiger charge is 2.11. The van der Waals surface area contributed by atoms with Crippen LogP contribution in [0, 0.1) is 0 Å². The summed E-state index contributed by atoms with van der Waals surface area (Å²) in [5.74, 6) is 0.181. The molecule has 0 unspecified atom stereocenters. The van der Waals surface area contributed by atoms with Gasteiger partial charge < -0.3 is 5.48 Å². The maximum Gasteiger partial charge on any atom is 0.309 e. The molecule has 0 fully saturated rings. The van der Waals surface area contributed by atoms with Gasteiger partial charge in [-0.15, -0.1) is 0 Å². The summed E-state index contributed by atoms with van der Waals surface area (Å²) in [7, 11) is 5.55. The minimum Gasteiger partial charge on any atom is -0.870 e. The molecule has 3 heteroatoms. The van der Waals surface area contributed by atoms with Crippen molar-refractivity contribution in [3.05, 3.63) is 0 Å². The molecule has 3 nitrogen and oxygen atoms in total. The predicted molar refractivity (Wildman–Crippen MR) is 30.6 cm³/mol. The number of hydrogen-bond donors (Lipinski definition) is 0. The molecule has 1 amide bonds. The first kappa shape index (κ1) is 10.5. The van der Waals surface area contributed by atoms with Crippen LogP contribution < -0.4 is 0 Å². The lowest BCUT2D eigenvalue weighted by atomic mass is 10.5. The Morgan fingerprint density at radius 2 is 1.38 bits per heavy atom. The van der Waals surface area contributed by atoms with Crippen LogP contribution in [0.15, 0.2) is 0 Å². The van der Waals surface area contributed by atoms with Crippen LogP contribution in [0.25, 0.3) is 0 Å². The van der Waals surface area contributed by atoms with E-state index in [-0.39, 0.29) is 11.4 Å². The summed E-state index contributed by atoms with van der Waals surface area (Å²) in [4.78, 5) is 10.4. The molecule has 0 spiro atoms. The fourth-order valence-corrected chi connectivity index (χ4v) is 0. The normalized spacial score (nSPS) is 10.0. The Morgan fingerprint density at radius 1 is 1.25 bits per heavy atom. The SMILES string of the molecule is CC(=O)[N+](C)(C)C.[OH-]. The second kappa shape index (κ2) is 2.79. The quantitative estimate of drug-likeness (QED) is 0.423. The number of carbonyl (C=O) groups excluding carboxylic acids is 1. The number of carbonyl (C=O) groups is 1. The van der Waals surface area contributed by atoms with Crippen LogP contribution >= 0.6 is 0 Å². The molecule has 50 valence electrons. The first-order chi connectivity index (χ1) is 2.94. The molecule has 0 bridgehead atoms. The summed E-state index contributed by atoms with van der Waals surface area (Å²) in [6.07, 6.45) is 0. The molecule has 0 aliphatic rings. The number of nitrogens with zero attached hydrogens (tertiary/aromatic N) is 1. The predicted octanol–water partition coefficient (Wildman–Crippen LogP) is 0.0623. The van der Waals surface area contributed by atoms with Crippen LogP contribution in [0.5, 0.6) is 0 Å². The first-order valence-electron chi connectivity index (χ1n) is 2.27. The average Bonchev–Trinajstić information content (AvgIpc) is 1.31. The van der Waals surface area contributed by atoms with Gasteiger partial charge in [0.05, 0.1) is 28.1 Å². The van der Waals surface area contributed by atoms with Gasteiger partial charge >= 0.3 is 5.91 Å². The standard InChI is InChI=1S/C5H12NO.H2O/c1-5(7)6(2,3)4;/h1-4H3;1H2/q+1;/p-1. The molecular formula is C5H13NO2. The van der Waals surface area contributed by atoms with Gasteiger partial charge in [0.15, 0.2) is 0 Å². The van der Waals surface area contributed by atoms with E-state index >= 15 is 0 Å². The van der Waals surface area contributed by atoms with Crippen molar-refractivity contribution in [2.75, 3.05) is 21.1 Å². The zero-order valence-electron chi connectivity index (χ0n) is 5.80. The lowest BCUT2D eigenvalue weighted by molar-refractivity contribution is -0.791. The average molecular weight is 119 g/mol. The van der Waals surface area contributed by atoms with Crippen LogP contribution in [0.4, 0.5) is 0 Å². The van der Waals surface area contributed by atoms with E-state index in [9.17, 15) is 4.79 Å².